The van der Waals surface area contributed by atoms with Gasteiger partial charge in [0.25, 0.3) is 0 Å². The summed E-state index contributed by atoms with van der Waals surface area (Å²) in [5, 5.41) is -0.161. The fourth-order valence-corrected chi connectivity index (χ4v) is 2.65. The van der Waals surface area contributed by atoms with Crippen LogP contribution in [-0.2, 0) is 14.3 Å². The topological polar surface area (TPSA) is 43.4 Å². The highest BCUT2D eigenvalue weighted by molar-refractivity contribution is 6.22. The Labute approximate surface area is 81.4 Å². The molecule has 0 aromatic heterocycles. The third kappa shape index (κ3) is 1.35. The van der Waals surface area contributed by atoms with Crippen molar-refractivity contribution in [1.82, 2.24) is 0 Å². The molecule has 0 amide bonds. The van der Waals surface area contributed by atoms with E-state index in [1.807, 2.05) is 0 Å². The van der Waals surface area contributed by atoms with Gasteiger partial charge in [-0.05, 0) is 12.3 Å². The van der Waals surface area contributed by atoms with Crippen LogP contribution in [-0.4, -0.2) is 23.2 Å². The molecule has 0 N–H and O–H groups in total. The standard InChI is InChI=1S/C9H11ClO3/c1-4(11)13-8-3-5-6(9(8)10)2-7(5)12/h5-6,8-9H,2-3H2,1H3. The molecule has 4 heteroatoms. The summed E-state index contributed by atoms with van der Waals surface area (Å²) >= 11 is 6.05. The highest BCUT2D eigenvalue weighted by atomic mass is 35.5. The smallest absolute Gasteiger partial charge is 0.302 e. The number of rotatable bonds is 1. The van der Waals surface area contributed by atoms with E-state index in [9.17, 15) is 9.59 Å². The quantitative estimate of drug-likeness (QED) is 0.473. The van der Waals surface area contributed by atoms with Crippen molar-refractivity contribution in [2.75, 3.05) is 0 Å². The van der Waals surface area contributed by atoms with Gasteiger partial charge >= 0.3 is 5.97 Å². The van der Waals surface area contributed by atoms with Crippen LogP contribution >= 0.6 is 11.6 Å². The molecule has 2 aliphatic carbocycles. The van der Waals surface area contributed by atoms with Crippen LogP contribution in [0.1, 0.15) is 19.8 Å². The Morgan fingerprint density at radius 3 is 2.77 bits per heavy atom. The van der Waals surface area contributed by atoms with Crippen molar-refractivity contribution in [3.8, 4) is 0 Å². The van der Waals surface area contributed by atoms with E-state index in [1.165, 1.54) is 6.92 Å². The van der Waals surface area contributed by atoms with E-state index in [-0.39, 0.29) is 35.1 Å². The third-order valence-corrected chi connectivity index (χ3v) is 3.54. The molecule has 0 aromatic rings. The zero-order valence-corrected chi connectivity index (χ0v) is 8.08. The number of halogens is 1. The number of ether oxygens (including phenoxy) is 1. The molecule has 0 aliphatic heterocycles. The SMILES string of the molecule is CC(=O)OC1CC2C(=O)CC2C1Cl. The van der Waals surface area contributed by atoms with E-state index >= 15 is 0 Å². The summed E-state index contributed by atoms with van der Waals surface area (Å²) in [7, 11) is 0. The van der Waals surface area contributed by atoms with Crippen molar-refractivity contribution < 1.29 is 14.3 Å². The molecule has 0 saturated heterocycles. The maximum atomic E-state index is 11.1. The van der Waals surface area contributed by atoms with Crippen LogP contribution in [0.25, 0.3) is 0 Å². The third-order valence-electron chi connectivity index (χ3n) is 2.94. The molecule has 3 nitrogen and oxygen atoms in total. The second-order valence-electron chi connectivity index (χ2n) is 3.77. The van der Waals surface area contributed by atoms with E-state index < -0.39 is 0 Å². The largest absolute Gasteiger partial charge is 0.461 e. The minimum absolute atomic E-state index is 0.0619. The van der Waals surface area contributed by atoms with Crippen molar-refractivity contribution in [2.24, 2.45) is 11.8 Å². The Hall–Kier alpha value is -0.570. The van der Waals surface area contributed by atoms with Gasteiger partial charge in [0.05, 0.1) is 5.38 Å². The lowest BCUT2D eigenvalue weighted by atomic mass is 9.75. The molecule has 0 radical (unpaired) electrons. The van der Waals surface area contributed by atoms with Gasteiger partial charge in [0, 0.05) is 19.3 Å². The molecule has 2 fully saturated rings. The number of esters is 1. The summed E-state index contributed by atoms with van der Waals surface area (Å²) in [6.07, 6.45) is 0.939. The van der Waals surface area contributed by atoms with Crippen molar-refractivity contribution in [3.05, 3.63) is 0 Å². The zero-order chi connectivity index (χ0) is 9.59. The van der Waals surface area contributed by atoms with Gasteiger partial charge in [-0.25, -0.2) is 0 Å². The van der Waals surface area contributed by atoms with E-state index in [2.05, 4.69) is 0 Å². The zero-order valence-electron chi connectivity index (χ0n) is 7.33. The maximum Gasteiger partial charge on any atom is 0.302 e. The van der Waals surface area contributed by atoms with Crippen LogP contribution in [0.15, 0.2) is 0 Å². The van der Waals surface area contributed by atoms with Gasteiger partial charge in [-0.15, -0.1) is 11.6 Å². The predicted octanol–water partition coefficient (Wildman–Crippen LogP) is 1.13. The van der Waals surface area contributed by atoms with Gasteiger partial charge in [0.2, 0.25) is 0 Å². The van der Waals surface area contributed by atoms with Gasteiger partial charge in [0.15, 0.2) is 0 Å². The molecule has 13 heavy (non-hydrogen) atoms. The van der Waals surface area contributed by atoms with Crippen LogP contribution in [0.5, 0.6) is 0 Å². The van der Waals surface area contributed by atoms with Crippen LogP contribution in [0.3, 0.4) is 0 Å². The highest BCUT2D eigenvalue weighted by Gasteiger charge is 2.53. The maximum absolute atomic E-state index is 11.1. The first-order valence-electron chi connectivity index (χ1n) is 4.43. The number of carbonyl (C=O) groups excluding carboxylic acids is 2. The van der Waals surface area contributed by atoms with Crippen LogP contribution in [0.2, 0.25) is 0 Å². The van der Waals surface area contributed by atoms with E-state index in [4.69, 9.17) is 16.3 Å². The van der Waals surface area contributed by atoms with Gasteiger partial charge < -0.3 is 4.74 Å². The molecule has 2 aliphatic rings. The van der Waals surface area contributed by atoms with Crippen LogP contribution < -0.4 is 0 Å². The van der Waals surface area contributed by atoms with Gasteiger partial charge in [-0.2, -0.15) is 0 Å². The number of alkyl halides is 1. The molecule has 2 saturated carbocycles. The molecular formula is C9H11ClO3. The molecule has 0 heterocycles. The summed E-state index contributed by atoms with van der Waals surface area (Å²) in [5.74, 6) is 0.264. The number of ketones is 1. The number of hydrogen-bond donors (Lipinski definition) is 0. The summed E-state index contributed by atoms with van der Waals surface area (Å²) < 4.78 is 5.03. The normalized spacial score (nSPS) is 42.5. The number of carbonyl (C=O) groups is 2. The second-order valence-corrected chi connectivity index (χ2v) is 4.27. The van der Waals surface area contributed by atoms with Crippen molar-refractivity contribution >= 4 is 23.4 Å². The summed E-state index contributed by atoms with van der Waals surface area (Å²) in [5.41, 5.74) is 0. The summed E-state index contributed by atoms with van der Waals surface area (Å²) in [4.78, 5) is 21.8. The molecule has 0 spiro atoms. The molecule has 0 bridgehead atoms. The summed E-state index contributed by atoms with van der Waals surface area (Å²) in [6, 6.07) is 0. The molecule has 2 rings (SSSR count). The van der Waals surface area contributed by atoms with Crippen LogP contribution in [0.4, 0.5) is 0 Å². The van der Waals surface area contributed by atoms with Crippen molar-refractivity contribution in [2.45, 2.75) is 31.2 Å². The van der Waals surface area contributed by atoms with E-state index in [1.54, 1.807) is 0 Å². The lowest BCUT2D eigenvalue weighted by Crippen LogP contribution is -2.36. The molecule has 0 aromatic carbocycles. The lowest BCUT2D eigenvalue weighted by Gasteiger charge is -2.29. The van der Waals surface area contributed by atoms with Crippen LogP contribution in [0, 0.1) is 11.8 Å². The average Bonchev–Trinajstić information content (AvgIpc) is 2.27. The monoisotopic (exact) mass is 202 g/mol. The van der Waals surface area contributed by atoms with Gasteiger partial charge in [-0.1, -0.05) is 0 Å². The molecule has 72 valence electrons. The fraction of sp³-hybridized carbons (Fsp3) is 0.778. The minimum atomic E-state index is -0.315. The second kappa shape index (κ2) is 2.98. The minimum Gasteiger partial charge on any atom is -0.461 e. The Balaban J connectivity index is 2.01. The average molecular weight is 203 g/mol. The number of fused-ring (bicyclic) bond motifs is 1. The molecule has 4 atom stereocenters. The first kappa shape index (κ1) is 9.00. The van der Waals surface area contributed by atoms with Gasteiger partial charge in [-0.3, -0.25) is 9.59 Å². The Morgan fingerprint density at radius 1 is 1.62 bits per heavy atom. The first-order valence-corrected chi connectivity index (χ1v) is 4.87. The van der Waals surface area contributed by atoms with Gasteiger partial charge in [0.1, 0.15) is 11.9 Å². The Morgan fingerprint density at radius 2 is 2.31 bits per heavy atom. The lowest BCUT2D eigenvalue weighted by molar-refractivity contribution is -0.146. The number of hydrogen-bond acceptors (Lipinski definition) is 3. The first-order chi connectivity index (χ1) is 6.09. The highest BCUT2D eigenvalue weighted by Crippen LogP contribution is 2.47. The van der Waals surface area contributed by atoms with E-state index in [0.717, 1.165) is 0 Å². The Kier molecular flexibility index (Phi) is 2.06. The fourth-order valence-electron chi connectivity index (χ4n) is 2.23. The molecule has 4 unspecified atom stereocenters. The predicted molar refractivity (Wildman–Crippen MR) is 46.4 cm³/mol. The number of Topliss-reactive ketones (excluding diaryl/α,β-unsaturated/α-hetero) is 1. The Bertz CT molecular complexity index is 264. The van der Waals surface area contributed by atoms with E-state index in [0.29, 0.717) is 12.8 Å². The molecular weight excluding hydrogens is 192 g/mol. The van der Waals surface area contributed by atoms with Crippen molar-refractivity contribution in [1.29, 1.82) is 0 Å². The summed E-state index contributed by atoms with van der Waals surface area (Å²) in [6.45, 7) is 1.37. The van der Waals surface area contributed by atoms with Crippen molar-refractivity contribution in [3.63, 3.8) is 0 Å².